The molecule has 0 fully saturated rings. The van der Waals surface area contributed by atoms with E-state index in [0.29, 0.717) is 25.1 Å². The van der Waals surface area contributed by atoms with Gasteiger partial charge in [-0.25, -0.2) is 0 Å². The molecule has 28 heavy (non-hydrogen) atoms. The van der Waals surface area contributed by atoms with Gasteiger partial charge < -0.3 is 15.4 Å². The second-order valence-electron chi connectivity index (χ2n) is 7.05. The molecule has 2 aromatic rings. The van der Waals surface area contributed by atoms with E-state index in [1.807, 2.05) is 39.0 Å². The molecule has 0 saturated heterocycles. The van der Waals surface area contributed by atoms with Crippen LogP contribution in [-0.4, -0.2) is 18.4 Å². The molecular weight excluding hydrogens is 352 g/mol. The summed E-state index contributed by atoms with van der Waals surface area (Å²) in [4.78, 5) is 23.8. The van der Waals surface area contributed by atoms with Crippen LogP contribution in [0.25, 0.3) is 0 Å². The van der Waals surface area contributed by atoms with Gasteiger partial charge in [0, 0.05) is 24.2 Å². The lowest BCUT2D eigenvalue weighted by molar-refractivity contribution is -0.116. The van der Waals surface area contributed by atoms with Gasteiger partial charge in [-0.1, -0.05) is 25.1 Å². The number of aryl methyl sites for hydroxylation is 3. The fourth-order valence-electron chi connectivity index (χ4n) is 2.73. The molecule has 0 aliphatic heterocycles. The molecule has 0 aromatic heterocycles. The first-order chi connectivity index (χ1) is 13.4. The van der Waals surface area contributed by atoms with Crippen molar-refractivity contribution in [3.05, 3.63) is 53.1 Å². The first-order valence-corrected chi connectivity index (χ1v) is 9.79. The average molecular weight is 383 g/mol. The van der Waals surface area contributed by atoms with E-state index in [1.54, 1.807) is 13.0 Å². The zero-order valence-electron chi connectivity index (χ0n) is 17.2. The Hall–Kier alpha value is -2.82. The highest BCUT2D eigenvalue weighted by atomic mass is 16.5. The quantitative estimate of drug-likeness (QED) is 0.590. The maximum Gasteiger partial charge on any atom is 0.224 e. The average Bonchev–Trinajstić information content (AvgIpc) is 2.66. The van der Waals surface area contributed by atoms with Crippen molar-refractivity contribution in [1.29, 1.82) is 0 Å². The van der Waals surface area contributed by atoms with Gasteiger partial charge in [-0.05, 0) is 68.5 Å². The van der Waals surface area contributed by atoms with Crippen LogP contribution < -0.4 is 15.4 Å². The van der Waals surface area contributed by atoms with Crippen LogP contribution in [0.15, 0.2) is 36.4 Å². The molecule has 0 unspecified atom stereocenters. The van der Waals surface area contributed by atoms with Crippen LogP contribution in [0.2, 0.25) is 0 Å². The molecule has 2 aromatic carbocycles. The van der Waals surface area contributed by atoms with Gasteiger partial charge >= 0.3 is 0 Å². The Morgan fingerprint density at radius 1 is 0.893 bits per heavy atom. The van der Waals surface area contributed by atoms with Gasteiger partial charge in [0.2, 0.25) is 11.8 Å². The van der Waals surface area contributed by atoms with Crippen LogP contribution in [0.3, 0.4) is 0 Å². The van der Waals surface area contributed by atoms with Crippen LogP contribution in [0, 0.1) is 20.8 Å². The van der Waals surface area contributed by atoms with Crippen molar-refractivity contribution in [2.24, 2.45) is 0 Å². The second-order valence-corrected chi connectivity index (χ2v) is 7.05. The van der Waals surface area contributed by atoms with Crippen molar-refractivity contribution in [1.82, 2.24) is 0 Å². The summed E-state index contributed by atoms with van der Waals surface area (Å²) in [5.74, 6) is 0.824. The Morgan fingerprint density at radius 3 is 2.39 bits per heavy atom. The van der Waals surface area contributed by atoms with Crippen LogP contribution >= 0.6 is 0 Å². The SMILES string of the molecule is CCC(=O)Nc1ccc(C)c(NC(=O)CCCCOc2cc(C)ccc2C)c1. The highest BCUT2D eigenvalue weighted by Crippen LogP contribution is 2.21. The van der Waals surface area contributed by atoms with Crippen molar-refractivity contribution >= 4 is 23.2 Å². The first kappa shape index (κ1) is 21.5. The molecule has 2 rings (SSSR count). The monoisotopic (exact) mass is 382 g/mol. The van der Waals surface area contributed by atoms with Gasteiger partial charge in [-0.15, -0.1) is 0 Å². The van der Waals surface area contributed by atoms with Gasteiger partial charge in [-0.3, -0.25) is 9.59 Å². The lowest BCUT2D eigenvalue weighted by Gasteiger charge is -2.12. The number of benzene rings is 2. The zero-order valence-corrected chi connectivity index (χ0v) is 17.2. The predicted molar refractivity (Wildman–Crippen MR) is 114 cm³/mol. The van der Waals surface area contributed by atoms with Crippen molar-refractivity contribution in [2.75, 3.05) is 17.2 Å². The molecule has 2 N–H and O–H groups in total. The van der Waals surface area contributed by atoms with Crippen LogP contribution in [0.4, 0.5) is 11.4 Å². The Kier molecular flexibility index (Phi) is 8.05. The largest absolute Gasteiger partial charge is 0.493 e. The second kappa shape index (κ2) is 10.5. The van der Waals surface area contributed by atoms with E-state index < -0.39 is 0 Å². The third kappa shape index (κ3) is 6.72. The van der Waals surface area contributed by atoms with Crippen molar-refractivity contribution in [3.8, 4) is 5.75 Å². The van der Waals surface area contributed by atoms with Gasteiger partial charge in [0.25, 0.3) is 0 Å². The standard InChI is InChI=1S/C23H30N2O3/c1-5-22(26)24-19-12-11-17(3)20(15-19)25-23(27)8-6-7-13-28-21-14-16(2)9-10-18(21)4/h9-12,14-15H,5-8,13H2,1-4H3,(H,24,26)(H,25,27). The van der Waals surface area contributed by atoms with E-state index in [1.165, 1.54) is 5.56 Å². The number of anilines is 2. The smallest absolute Gasteiger partial charge is 0.224 e. The predicted octanol–water partition coefficient (Wildman–Crippen LogP) is 5.15. The molecule has 5 heteroatoms. The van der Waals surface area contributed by atoms with Crippen LogP contribution in [-0.2, 0) is 9.59 Å². The summed E-state index contributed by atoms with van der Waals surface area (Å²) in [7, 11) is 0. The van der Waals surface area contributed by atoms with Gasteiger partial charge in [0.15, 0.2) is 0 Å². The van der Waals surface area contributed by atoms with Gasteiger partial charge in [0.1, 0.15) is 5.75 Å². The summed E-state index contributed by atoms with van der Waals surface area (Å²) in [6.07, 6.45) is 2.41. The molecule has 0 bridgehead atoms. The molecular formula is C23H30N2O3. The number of carbonyl (C=O) groups is 2. The van der Waals surface area contributed by atoms with Crippen molar-refractivity contribution in [2.45, 2.75) is 53.4 Å². The van der Waals surface area contributed by atoms with Gasteiger partial charge in [0.05, 0.1) is 6.61 Å². The Morgan fingerprint density at radius 2 is 1.64 bits per heavy atom. The number of carbonyl (C=O) groups excluding carboxylic acids is 2. The van der Waals surface area contributed by atoms with E-state index in [4.69, 9.17) is 4.74 Å². The van der Waals surface area contributed by atoms with Crippen LogP contribution in [0.5, 0.6) is 5.75 Å². The summed E-state index contributed by atoms with van der Waals surface area (Å²) in [5, 5.41) is 5.75. The Bertz CT molecular complexity index is 831. The lowest BCUT2D eigenvalue weighted by atomic mass is 10.1. The molecule has 0 spiro atoms. The number of ether oxygens (including phenoxy) is 1. The molecule has 0 heterocycles. The minimum absolute atomic E-state index is 0.0335. The highest BCUT2D eigenvalue weighted by Gasteiger charge is 2.08. The minimum atomic E-state index is -0.0509. The number of unbranched alkanes of at least 4 members (excludes halogenated alkanes) is 1. The minimum Gasteiger partial charge on any atom is -0.493 e. The summed E-state index contributed by atoms with van der Waals surface area (Å²) in [5.41, 5.74) is 4.67. The molecule has 0 aliphatic carbocycles. The van der Waals surface area contributed by atoms with Gasteiger partial charge in [-0.2, -0.15) is 0 Å². The first-order valence-electron chi connectivity index (χ1n) is 9.79. The molecule has 2 amide bonds. The van der Waals surface area contributed by atoms with E-state index in [0.717, 1.165) is 35.4 Å². The van der Waals surface area contributed by atoms with Crippen molar-refractivity contribution < 1.29 is 14.3 Å². The number of rotatable bonds is 9. The maximum atomic E-state index is 12.2. The summed E-state index contributed by atoms with van der Waals surface area (Å²) < 4.78 is 5.83. The van der Waals surface area contributed by atoms with E-state index >= 15 is 0 Å². The Balaban J connectivity index is 1.77. The summed E-state index contributed by atoms with van der Waals surface area (Å²) in [6.45, 7) is 8.40. The zero-order chi connectivity index (χ0) is 20.5. The fraction of sp³-hybridized carbons (Fsp3) is 0.391. The molecule has 5 nitrogen and oxygen atoms in total. The normalized spacial score (nSPS) is 10.4. The third-order valence-electron chi connectivity index (χ3n) is 4.52. The Labute approximate surface area is 167 Å². The van der Waals surface area contributed by atoms with Crippen molar-refractivity contribution in [3.63, 3.8) is 0 Å². The molecule has 0 atom stereocenters. The number of nitrogens with one attached hydrogen (secondary N) is 2. The molecule has 0 aliphatic rings. The number of amides is 2. The maximum absolute atomic E-state index is 12.2. The summed E-state index contributed by atoms with van der Waals surface area (Å²) >= 11 is 0. The van der Waals surface area contributed by atoms with E-state index in [2.05, 4.69) is 22.8 Å². The van der Waals surface area contributed by atoms with E-state index in [9.17, 15) is 9.59 Å². The topological polar surface area (TPSA) is 67.4 Å². The summed E-state index contributed by atoms with van der Waals surface area (Å²) in [6, 6.07) is 11.7. The lowest BCUT2D eigenvalue weighted by Crippen LogP contribution is -2.14. The fourth-order valence-corrected chi connectivity index (χ4v) is 2.73. The van der Waals surface area contributed by atoms with E-state index in [-0.39, 0.29) is 11.8 Å². The third-order valence-corrected chi connectivity index (χ3v) is 4.52. The molecule has 0 saturated carbocycles. The number of hydrogen-bond acceptors (Lipinski definition) is 3. The van der Waals surface area contributed by atoms with Crippen LogP contribution in [0.1, 0.15) is 49.3 Å². The highest BCUT2D eigenvalue weighted by molar-refractivity contribution is 5.94. The molecule has 150 valence electrons. The number of hydrogen-bond donors (Lipinski definition) is 2. The molecule has 0 radical (unpaired) electrons.